The number of unbranched alkanes of at least 4 members (excludes halogenated alkanes) is 2. The first-order valence-electron chi connectivity index (χ1n) is 9.70. The summed E-state index contributed by atoms with van der Waals surface area (Å²) in [6, 6.07) is 20.0. The minimum absolute atomic E-state index is 0.0786. The van der Waals surface area contributed by atoms with Crippen LogP contribution in [0.2, 0.25) is 0 Å². The minimum atomic E-state index is 0.0786. The maximum absolute atomic E-state index is 12.5. The third-order valence-electron chi connectivity index (χ3n) is 5.13. The summed E-state index contributed by atoms with van der Waals surface area (Å²) in [4.78, 5) is 3.48. The predicted octanol–water partition coefficient (Wildman–Crippen LogP) is 4.48. The van der Waals surface area contributed by atoms with E-state index in [0.717, 1.165) is 40.8 Å². The van der Waals surface area contributed by atoms with Gasteiger partial charge in [-0.3, -0.25) is 5.32 Å². The van der Waals surface area contributed by atoms with Gasteiger partial charge in [-0.2, -0.15) is 0 Å². The van der Waals surface area contributed by atoms with Gasteiger partial charge in [-0.05, 0) is 34.9 Å². The molecule has 27 heavy (non-hydrogen) atoms. The number of anilines is 1. The largest absolute Gasteiger partial charge is 0.872 e. The van der Waals surface area contributed by atoms with Crippen molar-refractivity contribution < 1.29 is 9.67 Å². The summed E-state index contributed by atoms with van der Waals surface area (Å²) >= 11 is 0. The van der Waals surface area contributed by atoms with Gasteiger partial charge in [0.25, 0.3) is 0 Å². The van der Waals surface area contributed by atoms with Crippen molar-refractivity contribution >= 4 is 27.8 Å². The molecule has 138 valence electrons. The van der Waals surface area contributed by atoms with E-state index in [4.69, 9.17) is 0 Å². The van der Waals surface area contributed by atoms with Gasteiger partial charge in [0.05, 0.1) is 13.1 Å². The molecule has 3 aromatic carbocycles. The second-order valence-corrected chi connectivity index (χ2v) is 6.97. The molecule has 0 fully saturated rings. The zero-order chi connectivity index (χ0) is 18.6. The summed E-state index contributed by atoms with van der Waals surface area (Å²) in [7, 11) is 0. The maximum atomic E-state index is 12.5. The fourth-order valence-electron chi connectivity index (χ4n) is 3.69. The van der Waals surface area contributed by atoms with E-state index >= 15 is 0 Å². The number of fused-ring (bicyclic) bond motifs is 2. The van der Waals surface area contributed by atoms with Crippen molar-refractivity contribution in [3.8, 4) is 5.75 Å². The number of aryl methyl sites for hydroxylation is 1. The monoisotopic (exact) mass is 359 g/mol. The van der Waals surface area contributed by atoms with E-state index in [1.165, 1.54) is 18.4 Å². The minimum Gasteiger partial charge on any atom is -0.872 e. The number of nitrogens with zero attached hydrogens (tertiary/aromatic N) is 1. The molecule has 1 aromatic heterocycles. The van der Waals surface area contributed by atoms with Crippen LogP contribution in [-0.4, -0.2) is 4.98 Å². The highest BCUT2D eigenvalue weighted by Crippen LogP contribution is 2.26. The average Bonchev–Trinajstić information content (AvgIpc) is 3.05. The first-order chi connectivity index (χ1) is 13.3. The van der Waals surface area contributed by atoms with Crippen molar-refractivity contribution in [3.05, 3.63) is 66.2 Å². The normalized spacial score (nSPS) is 11.3. The number of hydrogen-bond acceptors (Lipinski definition) is 2. The Bertz CT molecular complexity index is 1070. The Hall–Kier alpha value is -3.01. The molecule has 0 unspecified atom stereocenters. The molecular weight excluding hydrogens is 334 g/mol. The van der Waals surface area contributed by atoms with Crippen LogP contribution < -0.4 is 15.0 Å². The summed E-state index contributed by atoms with van der Waals surface area (Å²) < 4.78 is 2.29. The molecule has 4 heteroatoms. The molecule has 4 aromatic rings. The topological polar surface area (TPSA) is 54.8 Å². The quantitative estimate of drug-likeness (QED) is 0.377. The molecule has 0 aliphatic carbocycles. The van der Waals surface area contributed by atoms with E-state index in [2.05, 4.69) is 40.0 Å². The van der Waals surface area contributed by atoms with Gasteiger partial charge in [0.2, 0.25) is 0 Å². The molecule has 0 aliphatic rings. The third-order valence-corrected chi connectivity index (χ3v) is 5.13. The van der Waals surface area contributed by atoms with Crippen LogP contribution >= 0.6 is 0 Å². The molecular formula is C23H25N3O. The Morgan fingerprint density at radius 3 is 2.67 bits per heavy atom. The Morgan fingerprint density at radius 1 is 0.963 bits per heavy atom. The number of nitrogens with one attached hydrogen (secondary N) is 2. The fraction of sp³-hybridized carbons (Fsp3) is 0.261. The Balaban J connectivity index is 1.66. The molecule has 0 saturated carbocycles. The summed E-state index contributed by atoms with van der Waals surface area (Å²) in [6.45, 7) is 3.68. The van der Waals surface area contributed by atoms with Crippen molar-refractivity contribution in [3.63, 3.8) is 0 Å². The van der Waals surface area contributed by atoms with E-state index in [1.807, 2.05) is 36.4 Å². The molecule has 0 amide bonds. The van der Waals surface area contributed by atoms with Gasteiger partial charge in [-0.1, -0.05) is 68.3 Å². The molecule has 0 radical (unpaired) electrons. The molecule has 0 aliphatic heterocycles. The van der Waals surface area contributed by atoms with Crippen LogP contribution in [0.4, 0.5) is 5.95 Å². The van der Waals surface area contributed by atoms with Crippen molar-refractivity contribution in [1.82, 2.24) is 4.98 Å². The molecule has 1 heterocycles. The van der Waals surface area contributed by atoms with Gasteiger partial charge < -0.3 is 5.11 Å². The van der Waals surface area contributed by atoms with E-state index in [9.17, 15) is 5.11 Å². The molecule has 0 spiro atoms. The highest BCUT2D eigenvalue weighted by atomic mass is 16.3. The molecule has 0 atom stereocenters. The van der Waals surface area contributed by atoms with E-state index < -0.39 is 0 Å². The SMILES string of the molecule is CCCCC[n+]1c(NCc2c([O-])ccc3ccccc23)[nH]c2ccccc21. The number of para-hydroxylation sites is 2. The van der Waals surface area contributed by atoms with Crippen LogP contribution in [0.1, 0.15) is 31.7 Å². The summed E-state index contributed by atoms with van der Waals surface area (Å²) in [6.07, 6.45) is 3.54. The van der Waals surface area contributed by atoms with Gasteiger partial charge in [0.1, 0.15) is 11.0 Å². The lowest BCUT2D eigenvalue weighted by Crippen LogP contribution is -2.36. The van der Waals surface area contributed by atoms with Crippen LogP contribution in [0, 0.1) is 0 Å². The zero-order valence-corrected chi connectivity index (χ0v) is 15.7. The predicted molar refractivity (Wildman–Crippen MR) is 109 cm³/mol. The number of rotatable bonds is 7. The van der Waals surface area contributed by atoms with Crippen LogP contribution in [0.3, 0.4) is 0 Å². The van der Waals surface area contributed by atoms with Crippen molar-refractivity contribution in [2.75, 3.05) is 5.32 Å². The smallest absolute Gasteiger partial charge is 0.356 e. The Morgan fingerprint density at radius 2 is 1.78 bits per heavy atom. The summed E-state index contributed by atoms with van der Waals surface area (Å²) in [5.41, 5.74) is 3.11. The van der Waals surface area contributed by atoms with Gasteiger partial charge in [-0.25, -0.2) is 9.55 Å². The molecule has 2 N–H and O–H groups in total. The molecule has 4 rings (SSSR count). The van der Waals surface area contributed by atoms with Crippen molar-refractivity contribution in [2.24, 2.45) is 0 Å². The lowest BCUT2D eigenvalue weighted by atomic mass is 10.0. The first-order valence-corrected chi connectivity index (χ1v) is 9.70. The summed E-state index contributed by atoms with van der Waals surface area (Å²) in [5.74, 6) is 1.04. The number of benzene rings is 3. The lowest BCUT2D eigenvalue weighted by molar-refractivity contribution is -0.657. The Kier molecular flexibility index (Phi) is 4.97. The summed E-state index contributed by atoms with van der Waals surface area (Å²) in [5, 5.41) is 18.1. The van der Waals surface area contributed by atoms with E-state index in [0.29, 0.717) is 6.54 Å². The maximum Gasteiger partial charge on any atom is 0.356 e. The third kappa shape index (κ3) is 3.47. The fourth-order valence-corrected chi connectivity index (χ4v) is 3.69. The van der Waals surface area contributed by atoms with Crippen molar-refractivity contribution in [1.29, 1.82) is 0 Å². The lowest BCUT2D eigenvalue weighted by Gasteiger charge is -2.15. The molecule has 0 bridgehead atoms. The Labute approximate surface area is 159 Å². The van der Waals surface area contributed by atoms with Gasteiger partial charge in [-0.15, -0.1) is 5.75 Å². The highest BCUT2D eigenvalue weighted by molar-refractivity contribution is 5.87. The van der Waals surface area contributed by atoms with Gasteiger partial charge in [0.15, 0.2) is 0 Å². The zero-order valence-electron chi connectivity index (χ0n) is 15.7. The van der Waals surface area contributed by atoms with Crippen molar-refractivity contribution in [2.45, 2.75) is 39.3 Å². The van der Waals surface area contributed by atoms with Crippen LogP contribution in [0.25, 0.3) is 21.8 Å². The van der Waals surface area contributed by atoms with E-state index in [1.54, 1.807) is 6.07 Å². The molecule has 0 saturated heterocycles. The second kappa shape index (κ2) is 7.70. The van der Waals surface area contributed by atoms with Crippen LogP contribution in [0.15, 0.2) is 60.7 Å². The second-order valence-electron chi connectivity index (χ2n) is 6.97. The number of hydrogen-bond donors (Lipinski definition) is 2. The number of aromatic nitrogens is 2. The number of H-pyrrole nitrogens is 1. The van der Waals surface area contributed by atoms with Crippen LogP contribution in [0.5, 0.6) is 5.75 Å². The van der Waals surface area contributed by atoms with Gasteiger partial charge in [0, 0.05) is 0 Å². The van der Waals surface area contributed by atoms with Gasteiger partial charge >= 0.3 is 5.95 Å². The number of imidazole rings is 1. The van der Waals surface area contributed by atoms with Crippen LogP contribution in [-0.2, 0) is 13.1 Å². The first kappa shape index (κ1) is 17.4. The van der Waals surface area contributed by atoms with E-state index in [-0.39, 0.29) is 5.75 Å². The molecule has 4 nitrogen and oxygen atoms in total. The number of aromatic amines is 1. The standard InChI is InChI=1S/C23H25N3O/c1-2-3-8-15-26-21-12-7-6-11-20(21)25-23(26)24-16-19-18-10-5-4-9-17(18)13-14-22(19)27/h4-7,9-14H,2-3,8,15-16H2,1H3,(H2,24,25,27). The average molecular weight is 359 g/mol. The highest BCUT2D eigenvalue weighted by Gasteiger charge is 2.17.